The van der Waals surface area contributed by atoms with E-state index in [0.717, 1.165) is 10.0 Å². The Morgan fingerprint density at radius 1 is 1.05 bits per heavy atom. The molecule has 2 nitrogen and oxygen atoms in total. The highest BCUT2D eigenvalue weighted by molar-refractivity contribution is 9.10. The van der Waals surface area contributed by atoms with Gasteiger partial charge < -0.3 is 4.74 Å². The van der Waals surface area contributed by atoms with Crippen molar-refractivity contribution >= 4 is 21.8 Å². The van der Waals surface area contributed by atoms with E-state index < -0.39 is 11.6 Å². The zero-order valence-corrected chi connectivity index (χ0v) is 12.8. The fourth-order valence-corrected chi connectivity index (χ4v) is 2.60. The van der Waals surface area contributed by atoms with Gasteiger partial charge in [0.25, 0.3) is 0 Å². The van der Waals surface area contributed by atoms with E-state index in [9.17, 15) is 8.78 Å². The number of halogens is 3. The molecule has 1 aliphatic rings. The average Bonchev–Trinajstić information content (AvgIpc) is 2.81. The van der Waals surface area contributed by atoms with E-state index in [2.05, 4.69) is 20.9 Å². The van der Waals surface area contributed by atoms with Crippen LogP contribution in [0.3, 0.4) is 0 Å². The van der Waals surface area contributed by atoms with E-state index in [4.69, 9.17) is 4.74 Å². The zero-order chi connectivity index (χ0) is 15.0. The van der Waals surface area contributed by atoms with Gasteiger partial charge in [-0.05, 0) is 36.8 Å². The summed E-state index contributed by atoms with van der Waals surface area (Å²) in [4.78, 5) is 4.36. The number of aliphatic imine (C=N–C) groups is 1. The largest absolute Gasteiger partial charge is 0.472 e. The molecule has 5 heteroatoms. The van der Waals surface area contributed by atoms with Gasteiger partial charge in [-0.25, -0.2) is 13.8 Å². The van der Waals surface area contributed by atoms with Crippen molar-refractivity contribution in [3.05, 3.63) is 69.7 Å². The number of hydrogen-bond donors (Lipinski definition) is 0. The number of ether oxygens (including phenoxy) is 1. The molecule has 0 amide bonds. The first-order valence-electron chi connectivity index (χ1n) is 6.50. The fourth-order valence-electron chi connectivity index (χ4n) is 2.33. The van der Waals surface area contributed by atoms with E-state index >= 15 is 0 Å². The van der Waals surface area contributed by atoms with Gasteiger partial charge >= 0.3 is 0 Å². The van der Waals surface area contributed by atoms with Gasteiger partial charge in [0.2, 0.25) is 5.90 Å². The van der Waals surface area contributed by atoms with Gasteiger partial charge in [-0.1, -0.05) is 34.1 Å². The molecule has 0 saturated heterocycles. The van der Waals surface area contributed by atoms with Crippen LogP contribution in [0, 0.1) is 11.6 Å². The third-order valence-corrected chi connectivity index (χ3v) is 3.92. The summed E-state index contributed by atoms with van der Waals surface area (Å²) in [5.74, 6) is -1.32. The Kier molecular flexibility index (Phi) is 3.76. The Hall–Kier alpha value is -1.75. The molecule has 2 atom stereocenters. The smallest absolute Gasteiger partial charge is 0.223 e. The second kappa shape index (κ2) is 5.56. The minimum atomic E-state index is -0.669. The van der Waals surface area contributed by atoms with Gasteiger partial charge in [-0.2, -0.15) is 0 Å². The van der Waals surface area contributed by atoms with Crippen LogP contribution in [0.4, 0.5) is 8.78 Å². The van der Waals surface area contributed by atoms with E-state index in [0.29, 0.717) is 0 Å². The minimum absolute atomic E-state index is 0.0195. The average molecular weight is 352 g/mol. The molecule has 0 N–H and O–H groups in total. The molecule has 0 spiro atoms. The molecule has 1 heterocycles. The third-order valence-electron chi connectivity index (χ3n) is 3.39. The van der Waals surface area contributed by atoms with Gasteiger partial charge in [-0.3, -0.25) is 0 Å². The Bertz CT molecular complexity index is 680. The lowest BCUT2D eigenvalue weighted by molar-refractivity contribution is 0.213. The monoisotopic (exact) mass is 351 g/mol. The molecule has 2 aromatic carbocycles. The van der Waals surface area contributed by atoms with Gasteiger partial charge in [0.1, 0.15) is 29.3 Å². The van der Waals surface area contributed by atoms with Crippen LogP contribution in [0.1, 0.15) is 24.1 Å². The summed E-state index contributed by atoms with van der Waals surface area (Å²) in [6.45, 7) is 1.84. The first-order chi connectivity index (χ1) is 10.1. The molecular weight excluding hydrogens is 340 g/mol. The summed E-state index contributed by atoms with van der Waals surface area (Å²) in [7, 11) is 0. The lowest BCUT2D eigenvalue weighted by atomic mass is 10.0. The van der Waals surface area contributed by atoms with Crippen LogP contribution in [-0.2, 0) is 4.74 Å². The van der Waals surface area contributed by atoms with E-state index in [1.807, 2.05) is 31.2 Å². The van der Waals surface area contributed by atoms with E-state index in [-0.39, 0.29) is 23.6 Å². The third kappa shape index (κ3) is 2.70. The summed E-state index contributed by atoms with van der Waals surface area (Å²) in [5.41, 5.74) is 0.737. The summed E-state index contributed by atoms with van der Waals surface area (Å²) in [6, 6.07) is 11.1. The standard InChI is InChI=1S/C16H12BrF2NO/c1-9-15(10-5-7-11(17)8-6-10)20-16(21-9)14-12(18)3-2-4-13(14)19/h2-9,15H,1H3/t9-,15?/m0/s1. The van der Waals surface area contributed by atoms with Crippen molar-refractivity contribution in [1.29, 1.82) is 0 Å². The van der Waals surface area contributed by atoms with Crippen LogP contribution in [-0.4, -0.2) is 12.0 Å². The van der Waals surface area contributed by atoms with Gasteiger partial charge in [0, 0.05) is 4.47 Å². The molecule has 1 unspecified atom stereocenters. The highest BCUT2D eigenvalue weighted by Crippen LogP contribution is 2.32. The predicted octanol–water partition coefficient (Wildman–Crippen LogP) is 4.63. The summed E-state index contributed by atoms with van der Waals surface area (Å²) in [5, 5.41) is 0. The van der Waals surface area contributed by atoms with Crippen LogP contribution in [0.5, 0.6) is 0 Å². The van der Waals surface area contributed by atoms with Gasteiger partial charge in [0.05, 0.1) is 0 Å². The second-order valence-electron chi connectivity index (χ2n) is 4.85. The van der Waals surface area contributed by atoms with E-state index in [1.165, 1.54) is 18.2 Å². The van der Waals surface area contributed by atoms with Crippen molar-refractivity contribution in [3.8, 4) is 0 Å². The molecule has 0 fully saturated rings. The number of hydrogen-bond acceptors (Lipinski definition) is 2. The quantitative estimate of drug-likeness (QED) is 0.772. The van der Waals surface area contributed by atoms with Crippen molar-refractivity contribution in [2.45, 2.75) is 19.1 Å². The number of benzene rings is 2. The highest BCUT2D eigenvalue weighted by Gasteiger charge is 2.31. The number of nitrogens with zero attached hydrogens (tertiary/aromatic N) is 1. The fraction of sp³-hybridized carbons (Fsp3) is 0.188. The molecule has 1 aliphatic heterocycles. The summed E-state index contributed by atoms with van der Waals surface area (Å²) < 4.78 is 34.1. The molecule has 2 aromatic rings. The van der Waals surface area contributed by atoms with Crippen molar-refractivity contribution in [1.82, 2.24) is 0 Å². The second-order valence-corrected chi connectivity index (χ2v) is 5.77. The first-order valence-corrected chi connectivity index (χ1v) is 7.30. The molecule has 21 heavy (non-hydrogen) atoms. The Morgan fingerprint density at radius 2 is 1.67 bits per heavy atom. The molecular formula is C16H12BrF2NO. The van der Waals surface area contributed by atoms with Gasteiger partial charge in [0.15, 0.2) is 0 Å². The first kappa shape index (κ1) is 14.2. The van der Waals surface area contributed by atoms with Gasteiger partial charge in [-0.15, -0.1) is 0 Å². The van der Waals surface area contributed by atoms with Crippen LogP contribution >= 0.6 is 15.9 Å². The molecule has 0 aromatic heterocycles. The lowest BCUT2D eigenvalue weighted by Gasteiger charge is -2.13. The summed E-state index contributed by atoms with van der Waals surface area (Å²) in [6.07, 6.45) is -0.278. The molecule has 0 saturated carbocycles. The van der Waals surface area contributed by atoms with Crippen LogP contribution < -0.4 is 0 Å². The predicted molar refractivity (Wildman–Crippen MR) is 80.3 cm³/mol. The molecule has 108 valence electrons. The van der Waals surface area contributed by atoms with Crippen LogP contribution in [0.15, 0.2) is 51.9 Å². The molecule has 0 aliphatic carbocycles. The molecule has 3 rings (SSSR count). The Morgan fingerprint density at radius 3 is 2.29 bits per heavy atom. The lowest BCUT2D eigenvalue weighted by Crippen LogP contribution is -2.14. The Balaban J connectivity index is 1.99. The molecule has 0 bridgehead atoms. The maximum absolute atomic E-state index is 13.8. The van der Waals surface area contributed by atoms with Crippen molar-refractivity contribution < 1.29 is 13.5 Å². The Labute approximate surface area is 129 Å². The number of rotatable bonds is 2. The van der Waals surface area contributed by atoms with Crippen LogP contribution in [0.25, 0.3) is 0 Å². The summed E-state index contributed by atoms with van der Waals surface area (Å²) >= 11 is 3.37. The van der Waals surface area contributed by atoms with Crippen LogP contribution in [0.2, 0.25) is 0 Å². The normalized spacial score (nSPS) is 21.0. The SMILES string of the molecule is C[C@@H]1OC(c2c(F)cccc2F)=NC1c1ccc(Br)cc1. The topological polar surface area (TPSA) is 21.6 Å². The maximum Gasteiger partial charge on any atom is 0.223 e. The molecule has 0 radical (unpaired) electrons. The zero-order valence-electron chi connectivity index (χ0n) is 11.2. The maximum atomic E-state index is 13.8. The van der Waals surface area contributed by atoms with Crippen molar-refractivity contribution in [3.63, 3.8) is 0 Å². The van der Waals surface area contributed by atoms with Crippen molar-refractivity contribution in [2.75, 3.05) is 0 Å². The van der Waals surface area contributed by atoms with Crippen molar-refractivity contribution in [2.24, 2.45) is 4.99 Å². The minimum Gasteiger partial charge on any atom is -0.472 e. The van der Waals surface area contributed by atoms with E-state index in [1.54, 1.807) is 0 Å². The highest BCUT2D eigenvalue weighted by atomic mass is 79.9.